The highest BCUT2D eigenvalue weighted by molar-refractivity contribution is 5.80. The maximum absolute atomic E-state index is 4.74. The van der Waals surface area contributed by atoms with Gasteiger partial charge in [0, 0.05) is 11.1 Å². The molecule has 0 saturated heterocycles. The normalized spacial score (nSPS) is 10.6. The zero-order valence-corrected chi connectivity index (χ0v) is 13.9. The van der Waals surface area contributed by atoms with E-state index in [0.717, 1.165) is 22.3 Å². The molecule has 0 N–H and O–H groups in total. The van der Waals surface area contributed by atoms with E-state index in [1.807, 2.05) is 67.6 Å². The van der Waals surface area contributed by atoms with Gasteiger partial charge in [-0.15, -0.1) is 0 Å². The minimum absolute atomic E-state index is 0.700. The summed E-state index contributed by atoms with van der Waals surface area (Å²) in [6, 6.07) is 28.5. The van der Waals surface area contributed by atoms with Crippen LogP contribution in [0.1, 0.15) is 5.82 Å². The molecule has 0 aliphatic carbocycles. The van der Waals surface area contributed by atoms with E-state index in [2.05, 4.69) is 34.2 Å². The standard InChI is InChI=1S/C22H17N3/c1-16-23-21(18-12-6-3-7-13-18)25-22(24-16)20-15-9-8-14-19(20)17-10-4-2-5-11-17/h2-15H,1H3. The van der Waals surface area contributed by atoms with Gasteiger partial charge in [-0.3, -0.25) is 0 Å². The van der Waals surface area contributed by atoms with E-state index in [1.165, 1.54) is 0 Å². The molecule has 120 valence electrons. The highest BCUT2D eigenvalue weighted by Gasteiger charge is 2.12. The van der Waals surface area contributed by atoms with Crippen molar-refractivity contribution in [2.75, 3.05) is 0 Å². The van der Waals surface area contributed by atoms with Crippen LogP contribution in [0.15, 0.2) is 84.9 Å². The number of nitrogens with zero attached hydrogens (tertiary/aromatic N) is 3. The van der Waals surface area contributed by atoms with Crippen molar-refractivity contribution >= 4 is 0 Å². The Bertz CT molecular complexity index is 996. The van der Waals surface area contributed by atoms with Crippen LogP contribution in [0.3, 0.4) is 0 Å². The van der Waals surface area contributed by atoms with Crippen LogP contribution in [0.2, 0.25) is 0 Å². The van der Waals surface area contributed by atoms with Gasteiger partial charge in [0.05, 0.1) is 0 Å². The van der Waals surface area contributed by atoms with Crippen LogP contribution in [0.5, 0.6) is 0 Å². The maximum Gasteiger partial charge on any atom is 0.164 e. The lowest BCUT2D eigenvalue weighted by Crippen LogP contribution is -2.00. The molecule has 3 nitrogen and oxygen atoms in total. The molecule has 25 heavy (non-hydrogen) atoms. The van der Waals surface area contributed by atoms with Crippen LogP contribution in [-0.4, -0.2) is 15.0 Å². The minimum Gasteiger partial charge on any atom is -0.213 e. The fourth-order valence-electron chi connectivity index (χ4n) is 2.87. The van der Waals surface area contributed by atoms with Crippen molar-refractivity contribution in [3.63, 3.8) is 0 Å². The molecule has 0 amide bonds. The zero-order valence-electron chi connectivity index (χ0n) is 13.9. The Morgan fingerprint density at radius 3 is 1.68 bits per heavy atom. The lowest BCUT2D eigenvalue weighted by atomic mass is 9.99. The molecule has 0 spiro atoms. The first-order chi connectivity index (χ1) is 12.3. The Hall–Kier alpha value is -3.33. The van der Waals surface area contributed by atoms with Crippen molar-refractivity contribution in [1.82, 2.24) is 15.0 Å². The third kappa shape index (κ3) is 3.17. The van der Waals surface area contributed by atoms with E-state index in [-0.39, 0.29) is 0 Å². The van der Waals surface area contributed by atoms with Gasteiger partial charge in [0.25, 0.3) is 0 Å². The van der Waals surface area contributed by atoms with Gasteiger partial charge in [-0.1, -0.05) is 84.9 Å². The van der Waals surface area contributed by atoms with Gasteiger partial charge < -0.3 is 0 Å². The van der Waals surface area contributed by atoms with Crippen molar-refractivity contribution in [2.24, 2.45) is 0 Å². The van der Waals surface area contributed by atoms with Gasteiger partial charge in [-0.2, -0.15) is 0 Å². The molecule has 4 rings (SSSR count). The molecule has 1 aromatic heterocycles. The SMILES string of the molecule is Cc1nc(-c2ccccc2)nc(-c2ccccc2-c2ccccc2)n1. The van der Waals surface area contributed by atoms with E-state index >= 15 is 0 Å². The summed E-state index contributed by atoms with van der Waals surface area (Å²) in [4.78, 5) is 13.8. The van der Waals surface area contributed by atoms with Gasteiger partial charge in [0.2, 0.25) is 0 Å². The average Bonchev–Trinajstić information content (AvgIpc) is 2.69. The highest BCUT2D eigenvalue weighted by atomic mass is 15.0. The molecule has 4 aromatic rings. The summed E-state index contributed by atoms with van der Waals surface area (Å²) in [6.07, 6.45) is 0. The Kier molecular flexibility index (Phi) is 4.05. The van der Waals surface area contributed by atoms with E-state index in [1.54, 1.807) is 0 Å². The highest BCUT2D eigenvalue weighted by Crippen LogP contribution is 2.30. The molecule has 0 fully saturated rings. The molecule has 0 bridgehead atoms. The summed E-state index contributed by atoms with van der Waals surface area (Å²) in [7, 11) is 0. The second-order valence-electron chi connectivity index (χ2n) is 5.81. The van der Waals surface area contributed by atoms with Crippen molar-refractivity contribution in [3.05, 3.63) is 90.8 Å². The molecule has 0 aliphatic rings. The molecule has 0 aliphatic heterocycles. The predicted molar refractivity (Wildman–Crippen MR) is 101 cm³/mol. The molecule has 1 heterocycles. The Morgan fingerprint density at radius 2 is 1.00 bits per heavy atom. The summed E-state index contributed by atoms with van der Waals surface area (Å²) in [6.45, 7) is 1.91. The number of hydrogen-bond acceptors (Lipinski definition) is 3. The second kappa shape index (κ2) is 6.65. The maximum atomic E-state index is 4.74. The van der Waals surface area contributed by atoms with Gasteiger partial charge in [0.1, 0.15) is 5.82 Å². The lowest BCUT2D eigenvalue weighted by Gasteiger charge is -2.10. The van der Waals surface area contributed by atoms with Crippen LogP contribution < -0.4 is 0 Å². The molecule has 0 atom stereocenters. The third-order valence-corrected chi connectivity index (χ3v) is 4.03. The molecule has 0 unspecified atom stereocenters. The summed E-state index contributed by atoms with van der Waals surface area (Å²) in [5.41, 5.74) is 4.27. The number of aryl methyl sites for hydroxylation is 1. The first-order valence-corrected chi connectivity index (χ1v) is 8.24. The number of rotatable bonds is 3. The summed E-state index contributed by atoms with van der Waals surface area (Å²) in [5.74, 6) is 2.11. The zero-order chi connectivity index (χ0) is 17.1. The monoisotopic (exact) mass is 323 g/mol. The second-order valence-corrected chi connectivity index (χ2v) is 5.81. The molecule has 0 radical (unpaired) electrons. The van der Waals surface area contributed by atoms with Crippen molar-refractivity contribution < 1.29 is 0 Å². The van der Waals surface area contributed by atoms with Gasteiger partial charge in [-0.25, -0.2) is 15.0 Å². The molecular formula is C22H17N3. The smallest absolute Gasteiger partial charge is 0.164 e. The summed E-state index contributed by atoms with van der Waals surface area (Å²) in [5, 5.41) is 0. The third-order valence-electron chi connectivity index (χ3n) is 4.03. The Morgan fingerprint density at radius 1 is 0.480 bits per heavy atom. The van der Waals surface area contributed by atoms with E-state index in [0.29, 0.717) is 17.5 Å². The Balaban J connectivity index is 1.88. The molecule has 0 saturated carbocycles. The Labute approximate surface area is 147 Å². The number of benzene rings is 3. The van der Waals surface area contributed by atoms with Gasteiger partial charge in [0.15, 0.2) is 11.6 Å². The quantitative estimate of drug-likeness (QED) is 0.521. The number of aromatic nitrogens is 3. The summed E-state index contributed by atoms with van der Waals surface area (Å²) < 4.78 is 0. The van der Waals surface area contributed by atoms with Crippen LogP contribution in [-0.2, 0) is 0 Å². The molecular weight excluding hydrogens is 306 g/mol. The van der Waals surface area contributed by atoms with Crippen molar-refractivity contribution in [1.29, 1.82) is 0 Å². The number of hydrogen-bond donors (Lipinski definition) is 0. The lowest BCUT2D eigenvalue weighted by molar-refractivity contribution is 0.992. The van der Waals surface area contributed by atoms with E-state index < -0.39 is 0 Å². The first kappa shape index (κ1) is 15.2. The fourth-order valence-corrected chi connectivity index (χ4v) is 2.87. The first-order valence-electron chi connectivity index (χ1n) is 8.24. The van der Waals surface area contributed by atoms with Crippen LogP contribution in [0.4, 0.5) is 0 Å². The molecule has 3 aromatic carbocycles. The molecule has 3 heteroatoms. The van der Waals surface area contributed by atoms with Gasteiger partial charge in [-0.05, 0) is 18.1 Å². The van der Waals surface area contributed by atoms with E-state index in [9.17, 15) is 0 Å². The average molecular weight is 323 g/mol. The van der Waals surface area contributed by atoms with Crippen LogP contribution in [0, 0.1) is 6.92 Å². The predicted octanol–water partition coefficient (Wildman–Crippen LogP) is 5.18. The minimum atomic E-state index is 0.700. The topological polar surface area (TPSA) is 38.7 Å². The van der Waals surface area contributed by atoms with Gasteiger partial charge >= 0.3 is 0 Å². The fraction of sp³-hybridized carbons (Fsp3) is 0.0455. The van der Waals surface area contributed by atoms with Crippen molar-refractivity contribution in [2.45, 2.75) is 6.92 Å². The van der Waals surface area contributed by atoms with Crippen molar-refractivity contribution in [3.8, 4) is 33.9 Å². The summed E-state index contributed by atoms with van der Waals surface area (Å²) >= 11 is 0. The van der Waals surface area contributed by atoms with Crippen LogP contribution >= 0.6 is 0 Å². The largest absolute Gasteiger partial charge is 0.213 e. The van der Waals surface area contributed by atoms with E-state index in [4.69, 9.17) is 4.98 Å². The van der Waals surface area contributed by atoms with Crippen LogP contribution in [0.25, 0.3) is 33.9 Å².